The molecule has 5 aliphatic carbocycles. The minimum Gasteiger partial charge on any atom is -0.508 e. The number of phenols is 1. The molecule has 0 unspecified atom stereocenters. The van der Waals surface area contributed by atoms with Crippen LogP contribution in [-0.2, 0) is 45.0 Å². The molecule has 4 fully saturated rings. The van der Waals surface area contributed by atoms with Crippen LogP contribution >= 0.6 is 0 Å². The Hall–Kier alpha value is -5.70. The molecule has 82 heavy (non-hydrogen) atoms. The summed E-state index contributed by atoms with van der Waals surface area (Å²) in [5, 5.41) is 51.5. The van der Waals surface area contributed by atoms with Crippen LogP contribution in [0.4, 0.5) is 0 Å². The molecule has 12 atom stereocenters. The Balaban J connectivity index is 1.05. The van der Waals surface area contributed by atoms with E-state index in [0.717, 1.165) is 129 Å². The van der Waals surface area contributed by atoms with Gasteiger partial charge in [0.05, 0.1) is 23.3 Å². The van der Waals surface area contributed by atoms with Gasteiger partial charge in [-0.25, -0.2) is 9.59 Å². The first-order valence-electron chi connectivity index (χ1n) is 31.2. The predicted octanol–water partition coefficient (Wildman–Crippen LogP) is 10.5. The van der Waals surface area contributed by atoms with E-state index in [1.54, 1.807) is 6.07 Å². The quantitative estimate of drug-likeness (QED) is 0.0563. The van der Waals surface area contributed by atoms with Gasteiger partial charge in [0.2, 0.25) is 0 Å². The fourth-order valence-corrected chi connectivity index (χ4v) is 17.3. The van der Waals surface area contributed by atoms with E-state index in [4.69, 9.17) is 9.47 Å². The van der Waals surface area contributed by atoms with Crippen molar-refractivity contribution in [3.63, 3.8) is 0 Å². The maximum atomic E-state index is 15.3. The number of carbonyl (C=O) groups is 2. The van der Waals surface area contributed by atoms with Crippen LogP contribution in [0.25, 0.3) is 16.7 Å². The highest BCUT2D eigenvalue weighted by Crippen LogP contribution is 2.72. The summed E-state index contributed by atoms with van der Waals surface area (Å²) in [6.45, 7) is 7.69. The number of hydrogen-bond donors (Lipinski definition) is 8. The number of aliphatic hydroxyl groups is 2. The Morgan fingerprint density at radius 2 is 1.72 bits per heavy atom. The molecule has 2 saturated carbocycles. The highest BCUT2D eigenvalue weighted by molar-refractivity contribution is 6.07. The van der Waals surface area contributed by atoms with E-state index in [9.17, 15) is 15.3 Å². The number of cyclic esters (lactones) is 1. The normalized spacial score (nSPS) is 30.9. The summed E-state index contributed by atoms with van der Waals surface area (Å²) in [7, 11) is 4.05. The molecule has 5 aliphatic heterocycles. The number of hydrogen-bond acceptors (Lipinski definition) is 12. The Bertz CT molecular complexity index is 3160. The van der Waals surface area contributed by atoms with Crippen molar-refractivity contribution in [1.29, 1.82) is 0 Å². The van der Waals surface area contributed by atoms with Crippen molar-refractivity contribution in [2.75, 3.05) is 40.3 Å². The molecular weight excluding hydrogens is 1020 g/mol. The Labute approximate surface area is 485 Å². The molecule has 12 nitrogen and oxygen atoms in total. The fraction of sp³-hybridized carbons (Fsp3) is 0.514. The second-order valence-corrected chi connectivity index (χ2v) is 25.7. The minimum absolute atomic E-state index is 0.0190. The molecular formula is C70H87N5O7. The summed E-state index contributed by atoms with van der Waals surface area (Å²) in [5.74, 6) is 1.39. The largest absolute Gasteiger partial charge is 0.508 e. The molecule has 8 N–H and O–H groups in total. The molecule has 0 aromatic heterocycles. The van der Waals surface area contributed by atoms with Crippen molar-refractivity contribution in [3.05, 3.63) is 165 Å². The molecule has 0 radical (unpaired) electrons. The zero-order valence-corrected chi connectivity index (χ0v) is 48.7. The third-order valence-corrected chi connectivity index (χ3v) is 20.9. The lowest BCUT2D eigenvalue weighted by Gasteiger charge is -2.56. The van der Waals surface area contributed by atoms with Gasteiger partial charge in [0.25, 0.3) is 0 Å². The smallest absolute Gasteiger partial charge is 0.340 e. The van der Waals surface area contributed by atoms with E-state index in [1.165, 1.54) is 22.3 Å². The van der Waals surface area contributed by atoms with Gasteiger partial charge < -0.3 is 51.4 Å². The molecule has 434 valence electrons. The minimum atomic E-state index is -0.916. The van der Waals surface area contributed by atoms with Crippen molar-refractivity contribution in [2.45, 2.75) is 135 Å². The van der Waals surface area contributed by atoms with Crippen molar-refractivity contribution < 1.29 is 34.4 Å². The number of ether oxygens (including phenoxy) is 2. The molecule has 5 heterocycles. The number of allylic oxidation sites excluding steroid dienone is 5. The van der Waals surface area contributed by atoms with Gasteiger partial charge in [-0.05, 0) is 245 Å². The van der Waals surface area contributed by atoms with Crippen LogP contribution in [0.1, 0.15) is 130 Å². The topological polar surface area (TPSA) is 173 Å². The third-order valence-electron chi connectivity index (χ3n) is 20.9. The van der Waals surface area contributed by atoms with Crippen molar-refractivity contribution in [1.82, 2.24) is 26.6 Å². The second-order valence-electron chi connectivity index (χ2n) is 25.7. The zero-order chi connectivity index (χ0) is 56.7. The summed E-state index contributed by atoms with van der Waals surface area (Å²) in [4.78, 5) is 30.7. The number of phenolic OH excluding ortho intramolecular Hbond substituents is 1. The van der Waals surface area contributed by atoms with Crippen LogP contribution in [0.3, 0.4) is 0 Å². The van der Waals surface area contributed by atoms with Gasteiger partial charge in [-0.15, -0.1) is 0 Å². The third kappa shape index (κ3) is 10.7. The van der Waals surface area contributed by atoms with Crippen LogP contribution in [-0.4, -0.2) is 79.9 Å². The highest BCUT2D eigenvalue weighted by Gasteiger charge is 2.69. The monoisotopic (exact) mass is 1110 g/mol. The van der Waals surface area contributed by atoms with Crippen LogP contribution in [0.2, 0.25) is 0 Å². The summed E-state index contributed by atoms with van der Waals surface area (Å²) in [5.41, 5.74) is 11.1. The highest BCUT2D eigenvalue weighted by atomic mass is 16.6. The molecule has 0 amide bonds. The van der Waals surface area contributed by atoms with Gasteiger partial charge >= 0.3 is 11.9 Å². The molecule has 4 aromatic rings. The van der Waals surface area contributed by atoms with Gasteiger partial charge in [-0.3, -0.25) is 0 Å². The second kappa shape index (κ2) is 24.1. The maximum absolute atomic E-state index is 15.3. The van der Waals surface area contributed by atoms with Crippen LogP contribution in [0, 0.1) is 52.3 Å². The van der Waals surface area contributed by atoms with Crippen molar-refractivity contribution in [2.24, 2.45) is 52.3 Å². The zero-order valence-electron chi connectivity index (χ0n) is 48.7. The average Bonchev–Trinajstić information content (AvgIpc) is 2.68. The van der Waals surface area contributed by atoms with E-state index >= 15 is 9.59 Å². The Kier molecular flexibility index (Phi) is 16.7. The summed E-state index contributed by atoms with van der Waals surface area (Å²) < 4.78 is 13.5. The van der Waals surface area contributed by atoms with Crippen LogP contribution in [0.15, 0.2) is 131 Å². The number of nitrogens with one attached hydrogen (secondary N) is 5. The van der Waals surface area contributed by atoms with Gasteiger partial charge in [-0.1, -0.05) is 79.7 Å². The lowest BCUT2D eigenvalue weighted by Crippen LogP contribution is -2.52. The number of aromatic hydroxyl groups is 1. The molecule has 1 spiro atoms. The van der Waals surface area contributed by atoms with Crippen molar-refractivity contribution >= 4 is 17.5 Å². The number of aliphatic hydroxyl groups excluding tert-OH is 2. The number of fused-ring (bicyclic) bond motifs is 5. The molecule has 2 saturated heterocycles. The van der Waals surface area contributed by atoms with Gasteiger partial charge in [0.1, 0.15) is 17.3 Å². The number of carbonyl (C=O) groups excluding carboxylic acids is 2. The van der Waals surface area contributed by atoms with Crippen LogP contribution in [0.5, 0.6) is 5.75 Å². The molecule has 12 heteroatoms. The lowest BCUT2D eigenvalue weighted by atomic mass is 9.44. The molecule has 14 bridgehead atoms. The van der Waals surface area contributed by atoms with Gasteiger partial charge in [0.15, 0.2) is 0 Å². The lowest BCUT2D eigenvalue weighted by molar-refractivity contribution is -0.135. The average molecular weight is 1110 g/mol. The van der Waals surface area contributed by atoms with E-state index in [0.29, 0.717) is 55.4 Å². The molecule has 10 aliphatic rings. The van der Waals surface area contributed by atoms with E-state index in [2.05, 4.69) is 112 Å². The summed E-state index contributed by atoms with van der Waals surface area (Å²) in [6.07, 6.45) is 15.9. The number of piperidine rings is 1. The first-order valence-corrected chi connectivity index (χ1v) is 31.2. The predicted molar refractivity (Wildman–Crippen MR) is 321 cm³/mol. The van der Waals surface area contributed by atoms with E-state index in [1.807, 2.05) is 39.2 Å². The first-order chi connectivity index (χ1) is 39.9. The fourth-order valence-electron chi connectivity index (χ4n) is 17.3. The van der Waals surface area contributed by atoms with Crippen molar-refractivity contribution in [3.8, 4) is 16.9 Å². The van der Waals surface area contributed by atoms with Crippen LogP contribution < -0.4 is 26.6 Å². The summed E-state index contributed by atoms with van der Waals surface area (Å²) in [6, 6.07) is 31.9. The Morgan fingerprint density at radius 3 is 2.52 bits per heavy atom. The standard InChI is InChI=1S/C70H87N5O7/c1-5-43(29-44-11-7-6-8-12-44)34-60-70-25-20-54-55-18-19-56-59(81-67(79)63(56)64(55)70)21-24-69(51-23-27-74-61(35-51)72-4)37-49(15-10-28-76)58(38-69)66(75-39-42(2)77)50-31-45(30-47(33-50)40-71-3)22-26-73-41-46-13-9-14-48(32-46)53-17-16-52(78)36-57(53)62(54)65(70)68(80)82-60/h6-9,11-14,16-17,21,30-34,36,42-43,49,51,54-55,58,61,64,66,71-78H,5,10,15,18-20,22-29,35,37-41H2,1-4H3/b59-21?,60-34-/t42-,43-,49+,51+,54+,55-,58+,61+,64+,66+,69-,70+/m0/s1. The van der Waals surface area contributed by atoms with Gasteiger partial charge in [0, 0.05) is 49.3 Å². The number of esters is 2. The summed E-state index contributed by atoms with van der Waals surface area (Å²) >= 11 is 0. The first kappa shape index (κ1) is 56.8. The van der Waals surface area contributed by atoms with E-state index < -0.39 is 11.5 Å². The number of benzene rings is 4. The maximum Gasteiger partial charge on any atom is 0.340 e. The van der Waals surface area contributed by atoms with E-state index in [-0.39, 0.29) is 77.4 Å². The molecule has 14 rings (SSSR count). The SMILES string of the molecule is CC[C@H](/C=C1\OC(=O)C2=C3c4cc(O)ccc4-c4cccc(c4)CNCCc4cc(CNC)cc(c4)[C@@H](NC[C@H](C)O)[C@@H]4C[C@]([C@@H]5CCN[C@@H](NC)C5)(CC=C5OC(=O)C6=C5CC[C@H]5[C@H]3CC[C@@]21[C@@H]65)C[C@H]4CCCO)Cc1ccccc1. The Morgan fingerprint density at radius 1 is 0.854 bits per heavy atom. The molecule has 4 aromatic carbocycles. The van der Waals surface area contributed by atoms with Gasteiger partial charge in [-0.2, -0.15) is 0 Å². The number of rotatable bonds is 14.